The molecule has 2 saturated heterocycles. The number of nitrogens with zero attached hydrogens (tertiary/aromatic N) is 4. The van der Waals surface area contributed by atoms with E-state index in [2.05, 4.69) is 9.88 Å². The molecule has 1 unspecified atom stereocenters. The van der Waals surface area contributed by atoms with E-state index in [1.54, 1.807) is 16.7 Å². The number of aromatic nitrogens is 2. The van der Waals surface area contributed by atoms with Gasteiger partial charge in [-0.3, -0.25) is 18.9 Å². The first-order valence-electron chi connectivity index (χ1n) is 11.0. The van der Waals surface area contributed by atoms with Crippen molar-refractivity contribution < 1.29 is 14.3 Å². The Balaban J connectivity index is 1.13. The predicted octanol–water partition coefficient (Wildman–Crippen LogP) is 2.27. The highest BCUT2D eigenvalue weighted by Crippen LogP contribution is 2.18. The number of thiazole rings is 1. The van der Waals surface area contributed by atoms with Gasteiger partial charge in [-0.2, -0.15) is 0 Å². The zero-order valence-electron chi connectivity index (χ0n) is 17.8. The van der Waals surface area contributed by atoms with Crippen molar-refractivity contribution in [3.8, 4) is 5.75 Å². The number of ether oxygens (including phenoxy) is 2. The molecule has 0 radical (unpaired) electrons. The lowest BCUT2D eigenvalue weighted by Crippen LogP contribution is -2.48. The first-order chi connectivity index (χ1) is 15.7. The monoisotopic (exact) mass is 454 g/mol. The van der Waals surface area contributed by atoms with Crippen LogP contribution in [0.15, 0.2) is 46.7 Å². The molecule has 2 aromatic heterocycles. The number of carbonyl (C=O) groups excluding carboxylic acids is 1. The van der Waals surface area contributed by atoms with Crippen LogP contribution in [0.3, 0.4) is 0 Å². The lowest BCUT2D eigenvalue weighted by atomic mass is 10.1. The number of piperazine rings is 1. The maximum Gasteiger partial charge on any atom is 0.258 e. The van der Waals surface area contributed by atoms with Crippen LogP contribution in [0, 0.1) is 0 Å². The first kappa shape index (κ1) is 21.1. The third kappa shape index (κ3) is 4.69. The van der Waals surface area contributed by atoms with Gasteiger partial charge in [0.2, 0.25) is 0 Å². The van der Waals surface area contributed by atoms with Gasteiger partial charge in [0.1, 0.15) is 12.4 Å². The molecule has 2 aliphatic heterocycles. The minimum Gasteiger partial charge on any atom is -0.491 e. The van der Waals surface area contributed by atoms with E-state index >= 15 is 0 Å². The van der Waals surface area contributed by atoms with Crippen LogP contribution in [0.5, 0.6) is 5.75 Å². The van der Waals surface area contributed by atoms with E-state index in [1.165, 1.54) is 11.3 Å². The van der Waals surface area contributed by atoms with Gasteiger partial charge in [0.05, 0.1) is 11.8 Å². The average Bonchev–Trinajstić information content (AvgIpc) is 3.50. The minimum atomic E-state index is -0.0525. The molecule has 2 fully saturated rings. The van der Waals surface area contributed by atoms with E-state index in [0.29, 0.717) is 36.8 Å². The molecule has 0 N–H and O–H groups in total. The fourth-order valence-corrected chi connectivity index (χ4v) is 4.89. The van der Waals surface area contributed by atoms with Crippen molar-refractivity contribution in [3.05, 3.63) is 63.5 Å². The second-order valence-corrected chi connectivity index (χ2v) is 9.05. The molecule has 4 heterocycles. The summed E-state index contributed by atoms with van der Waals surface area (Å²) in [6, 6.07) is 8.95. The molecule has 8 nitrogen and oxygen atoms in total. The van der Waals surface area contributed by atoms with Crippen LogP contribution in [0.25, 0.3) is 4.96 Å². The van der Waals surface area contributed by atoms with E-state index in [4.69, 9.17) is 9.47 Å². The number of carbonyl (C=O) groups is 1. The number of hydrogen-bond donors (Lipinski definition) is 0. The summed E-state index contributed by atoms with van der Waals surface area (Å²) in [6.45, 7) is 4.78. The smallest absolute Gasteiger partial charge is 0.258 e. The Bertz CT molecular complexity index is 1130. The third-order valence-corrected chi connectivity index (χ3v) is 6.72. The predicted molar refractivity (Wildman–Crippen MR) is 121 cm³/mol. The normalized spacial score (nSPS) is 19.5. The number of benzene rings is 1. The Labute approximate surface area is 190 Å². The van der Waals surface area contributed by atoms with Crippen molar-refractivity contribution in [2.45, 2.75) is 25.5 Å². The first-order valence-corrected chi connectivity index (χ1v) is 11.9. The number of hydrogen-bond acceptors (Lipinski definition) is 7. The Morgan fingerprint density at radius 3 is 2.75 bits per heavy atom. The Kier molecular flexibility index (Phi) is 6.20. The van der Waals surface area contributed by atoms with Gasteiger partial charge in [0.25, 0.3) is 11.5 Å². The van der Waals surface area contributed by atoms with Crippen LogP contribution >= 0.6 is 11.3 Å². The van der Waals surface area contributed by atoms with Gasteiger partial charge in [-0.05, 0) is 37.1 Å². The summed E-state index contributed by atoms with van der Waals surface area (Å²) >= 11 is 1.46. The van der Waals surface area contributed by atoms with E-state index < -0.39 is 0 Å². The van der Waals surface area contributed by atoms with E-state index in [0.717, 1.165) is 44.0 Å². The van der Waals surface area contributed by atoms with Crippen molar-refractivity contribution in [1.29, 1.82) is 0 Å². The molecule has 0 bridgehead atoms. The SMILES string of the molecule is O=C(c1ccc(OCC2CCCO2)cc1)N1CCN(Cc2cc(=O)n3ccsc3n2)CC1. The average molecular weight is 455 g/mol. The maximum absolute atomic E-state index is 12.9. The van der Waals surface area contributed by atoms with Crippen LogP contribution in [0.4, 0.5) is 0 Å². The van der Waals surface area contributed by atoms with Crippen LogP contribution in [0.1, 0.15) is 28.9 Å². The summed E-state index contributed by atoms with van der Waals surface area (Å²) in [6.07, 6.45) is 4.05. The highest BCUT2D eigenvalue weighted by Gasteiger charge is 2.23. The van der Waals surface area contributed by atoms with E-state index in [1.807, 2.05) is 34.5 Å². The van der Waals surface area contributed by atoms with Gasteiger partial charge in [-0.25, -0.2) is 4.98 Å². The van der Waals surface area contributed by atoms with Gasteiger partial charge in [0.15, 0.2) is 4.96 Å². The van der Waals surface area contributed by atoms with Crippen molar-refractivity contribution in [3.63, 3.8) is 0 Å². The molecule has 1 atom stereocenters. The van der Waals surface area contributed by atoms with Gasteiger partial charge >= 0.3 is 0 Å². The topological polar surface area (TPSA) is 76.4 Å². The van der Waals surface area contributed by atoms with E-state index in [9.17, 15) is 9.59 Å². The molecule has 0 saturated carbocycles. The summed E-state index contributed by atoms with van der Waals surface area (Å²) in [4.78, 5) is 34.5. The van der Waals surface area contributed by atoms with Crippen LogP contribution in [-0.4, -0.2) is 70.6 Å². The van der Waals surface area contributed by atoms with Crippen molar-refractivity contribution >= 4 is 22.2 Å². The molecular weight excluding hydrogens is 428 g/mol. The fraction of sp³-hybridized carbons (Fsp3) is 0.435. The largest absolute Gasteiger partial charge is 0.491 e. The molecule has 32 heavy (non-hydrogen) atoms. The fourth-order valence-electron chi connectivity index (χ4n) is 4.15. The second kappa shape index (κ2) is 9.40. The molecule has 168 valence electrons. The van der Waals surface area contributed by atoms with Gasteiger partial charge in [0, 0.05) is 62.5 Å². The lowest BCUT2D eigenvalue weighted by molar-refractivity contribution is 0.0625. The highest BCUT2D eigenvalue weighted by atomic mass is 32.1. The Hall–Kier alpha value is -2.75. The van der Waals surface area contributed by atoms with Gasteiger partial charge < -0.3 is 14.4 Å². The molecule has 9 heteroatoms. The molecule has 1 aromatic carbocycles. The quantitative estimate of drug-likeness (QED) is 0.569. The summed E-state index contributed by atoms with van der Waals surface area (Å²) in [7, 11) is 0. The van der Waals surface area contributed by atoms with Gasteiger partial charge in [-0.15, -0.1) is 11.3 Å². The molecule has 2 aliphatic rings. The Morgan fingerprint density at radius 2 is 2.00 bits per heavy atom. The number of amides is 1. The summed E-state index contributed by atoms with van der Waals surface area (Å²) in [5.41, 5.74) is 1.39. The second-order valence-electron chi connectivity index (χ2n) is 8.18. The number of fused-ring (bicyclic) bond motifs is 1. The van der Waals surface area contributed by atoms with Crippen LogP contribution in [-0.2, 0) is 11.3 Å². The lowest BCUT2D eigenvalue weighted by Gasteiger charge is -2.34. The van der Waals surface area contributed by atoms with Crippen LogP contribution in [0.2, 0.25) is 0 Å². The maximum atomic E-state index is 12.9. The zero-order valence-corrected chi connectivity index (χ0v) is 18.6. The molecule has 0 spiro atoms. The zero-order chi connectivity index (χ0) is 21.9. The minimum absolute atomic E-state index is 0.0340. The summed E-state index contributed by atoms with van der Waals surface area (Å²) in [5, 5.41) is 1.86. The van der Waals surface area contributed by atoms with Crippen molar-refractivity contribution in [2.75, 3.05) is 39.4 Å². The van der Waals surface area contributed by atoms with E-state index in [-0.39, 0.29) is 17.6 Å². The summed E-state index contributed by atoms with van der Waals surface area (Å²) < 4.78 is 12.9. The van der Waals surface area contributed by atoms with Gasteiger partial charge in [-0.1, -0.05) is 0 Å². The molecule has 5 rings (SSSR count). The number of rotatable bonds is 6. The third-order valence-electron chi connectivity index (χ3n) is 5.96. The Morgan fingerprint density at radius 1 is 1.19 bits per heavy atom. The molecule has 0 aliphatic carbocycles. The summed E-state index contributed by atoms with van der Waals surface area (Å²) in [5.74, 6) is 0.791. The van der Waals surface area contributed by atoms with Crippen LogP contribution < -0.4 is 10.3 Å². The molecule has 1 amide bonds. The van der Waals surface area contributed by atoms with Crippen molar-refractivity contribution in [2.24, 2.45) is 0 Å². The molecule has 3 aromatic rings. The standard InChI is InChI=1S/C23H26N4O4S/c28-21-14-18(24-23-27(21)11-13-32-23)15-25-7-9-26(10-8-25)22(29)17-3-5-19(6-4-17)31-16-20-2-1-12-30-20/h3-6,11,13-14,20H,1-2,7-10,12,15-16H2. The highest BCUT2D eigenvalue weighted by molar-refractivity contribution is 7.15. The van der Waals surface area contributed by atoms with Crippen molar-refractivity contribution in [1.82, 2.24) is 19.2 Å². The molecular formula is C23H26N4O4S.